The molecule has 5 heteroatoms. The van der Waals surface area contributed by atoms with Crippen molar-refractivity contribution in [1.82, 2.24) is 10.3 Å². The molecule has 0 spiro atoms. The molecule has 110 valence electrons. The number of hydrogen-bond donors (Lipinski definition) is 2. The Hall–Kier alpha value is -2.53. The summed E-state index contributed by atoms with van der Waals surface area (Å²) in [5, 5.41) is 10.6. The van der Waals surface area contributed by atoms with E-state index in [9.17, 15) is 0 Å². The molecule has 3 aromatic rings. The van der Waals surface area contributed by atoms with E-state index in [1.807, 2.05) is 47.9 Å². The van der Waals surface area contributed by atoms with Gasteiger partial charge in [0.25, 0.3) is 0 Å². The SMILES string of the molecule is CC1C=CC=C(Nc2nc(-c3cc4ccccc4o3)cs2)N1. The van der Waals surface area contributed by atoms with Gasteiger partial charge < -0.3 is 15.1 Å². The van der Waals surface area contributed by atoms with E-state index in [0.29, 0.717) is 6.04 Å². The number of dihydropyridines is 1. The zero-order valence-corrected chi connectivity index (χ0v) is 12.9. The van der Waals surface area contributed by atoms with E-state index in [4.69, 9.17) is 4.42 Å². The molecule has 0 saturated carbocycles. The number of allylic oxidation sites excluding steroid dienone is 2. The minimum absolute atomic E-state index is 0.322. The molecule has 4 rings (SSSR count). The van der Waals surface area contributed by atoms with E-state index in [-0.39, 0.29) is 0 Å². The van der Waals surface area contributed by atoms with E-state index in [2.05, 4.69) is 28.6 Å². The Labute approximate surface area is 132 Å². The molecule has 2 N–H and O–H groups in total. The Bertz CT molecular complexity index is 842. The van der Waals surface area contributed by atoms with Gasteiger partial charge >= 0.3 is 0 Å². The van der Waals surface area contributed by atoms with Crippen LogP contribution in [0, 0.1) is 0 Å². The number of fused-ring (bicyclic) bond motifs is 1. The zero-order valence-electron chi connectivity index (χ0n) is 12.0. The first kappa shape index (κ1) is 13.2. The first-order valence-corrected chi connectivity index (χ1v) is 8.02. The molecular formula is C17H15N3OS. The summed E-state index contributed by atoms with van der Waals surface area (Å²) in [6.45, 7) is 2.10. The fourth-order valence-electron chi connectivity index (χ4n) is 2.41. The topological polar surface area (TPSA) is 50.1 Å². The second kappa shape index (κ2) is 5.35. The van der Waals surface area contributed by atoms with Gasteiger partial charge in [-0.15, -0.1) is 11.3 Å². The van der Waals surface area contributed by atoms with Gasteiger partial charge in [0.15, 0.2) is 10.9 Å². The first-order valence-electron chi connectivity index (χ1n) is 7.14. The van der Waals surface area contributed by atoms with Gasteiger partial charge in [0.1, 0.15) is 17.1 Å². The average molecular weight is 309 g/mol. The molecule has 1 unspecified atom stereocenters. The highest BCUT2D eigenvalue weighted by Crippen LogP contribution is 2.30. The molecule has 0 saturated heterocycles. The summed E-state index contributed by atoms with van der Waals surface area (Å²) < 4.78 is 5.85. The predicted molar refractivity (Wildman–Crippen MR) is 90.8 cm³/mol. The van der Waals surface area contributed by atoms with Gasteiger partial charge in [-0.05, 0) is 25.1 Å². The lowest BCUT2D eigenvalue weighted by Gasteiger charge is -2.18. The Balaban J connectivity index is 1.58. The fourth-order valence-corrected chi connectivity index (χ4v) is 3.12. The number of hydrogen-bond acceptors (Lipinski definition) is 5. The molecule has 4 nitrogen and oxygen atoms in total. The number of benzene rings is 1. The van der Waals surface area contributed by atoms with E-state index in [1.165, 1.54) is 0 Å². The van der Waals surface area contributed by atoms with Crippen LogP contribution in [0.2, 0.25) is 0 Å². The summed E-state index contributed by atoms with van der Waals surface area (Å²) >= 11 is 1.56. The normalized spacial score (nSPS) is 17.3. The third kappa shape index (κ3) is 2.51. The van der Waals surface area contributed by atoms with E-state index in [1.54, 1.807) is 11.3 Å². The van der Waals surface area contributed by atoms with E-state index in [0.717, 1.165) is 33.4 Å². The number of furan rings is 1. The van der Waals surface area contributed by atoms with Crippen LogP contribution in [0.1, 0.15) is 6.92 Å². The maximum Gasteiger partial charge on any atom is 0.188 e. The standard InChI is InChI=1S/C17H15N3OS/c1-11-5-4-8-16(18-11)20-17-19-13(10-22-17)15-9-12-6-2-3-7-14(12)21-15/h2-11,18H,1H3,(H,19,20). The number of thiazole rings is 1. The van der Waals surface area contributed by atoms with Crippen molar-refractivity contribution in [3.8, 4) is 11.5 Å². The lowest BCUT2D eigenvalue weighted by atomic mass is 10.2. The number of para-hydroxylation sites is 1. The van der Waals surface area contributed by atoms with Crippen LogP contribution in [-0.2, 0) is 0 Å². The molecule has 2 aromatic heterocycles. The van der Waals surface area contributed by atoms with Crippen LogP contribution in [0.3, 0.4) is 0 Å². The van der Waals surface area contributed by atoms with Gasteiger partial charge in [0, 0.05) is 16.8 Å². The average Bonchev–Trinajstić information content (AvgIpc) is 3.13. The Morgan fingerprint density at radius 1 is 1.32 bits per heavy atom. The second-order valence-electron chi connectivity index (χ2n) is 5.21. The van der Waals surface area contributed by atoms with Gasteiger partial charge in [-0.25, -0.2) is 4.98 Å². The maximum absolute atomic E-state index is 5.85. The summed E-state index contributed by atoms with van der Waals surface area (Å²) in [4.78, 5) is 4.60. The highest BCUT2D eigenvalue weighted by molar-refractivity contribution is 7.14. The minimum Gasteiger partial charge on any atom is -0.454 e. The van der Waals surface area contributed by atoms with Crippen molar-refractivity contribution < 1.29 is 4.42 Å². The largest absolute Gasteiger partial charge is 0.454 e. The monoisotopic (exact) mass is 309 g/mol. The van der Waals surface area contributed by atoms with E-state index < -0.39 is 0 Å². The van der Waals surface area contributed by atoms with Crippen LogP contribution in [0.4, 0.5) is 5.13 Å². The van der Waals surface area contributed by atoms with Crippen LogP contribution in [0.5, 0.6) is 0 Å². The third-order valence-corrected chi connectivity index (χ3v) is 4.23. The van der Waals surface area contributed by atoms with Crippen molar-refractivity contribution in [2.45, 2.75) is 13.0 Å². The smallest absolute Gasteiger partial charge is 0.188 e. The Morgan fingerprint density at radius 3 is 3.09 bits per heavy atom. The van der Waals surface area contributed by atoms with Crippen molar-refractivity contribution in [3.63, 3.8) is 0 Å². The van der Waals surface area contributed by atoms with Crippen LogP contribution in [0.25, 0.3) is 22.4 Å². The highest BCUT2D eigenvalue weighted by atomic mass is 32.1. The van der Waals surface area contributed by atoms with Crippen LogP contribution < -0.4 is 10.6 Å². The molecule has 0 fully saturated rings. The molecule has 1 aromatic carbocycles. The van der Waals surface area contributed by atoms with Crippen molar-refractivity contribution in [3.05, 3.63) is 59.8 Å². The Morgan fingerprint density at radius 2 is 2.23 bits per heavy atom. The molecule has 1 aliphatic heterocycles. The number of rotatable bonds is 3. The van der Waals surface area contributed by atoms with Crippen LogP contribution in [-0.4, -0.2) is 11.0 Å². The van der Waals surface area contributed by atoms with Gasteiger partial charge in [0.05, 0.1) is 0 Å². The molecule has 22 heavy (non-hydrogen) atoms. The molecule has 1 aliphatic rings. The molecule has 0 radical (unpaired) electrons. The zero-order chi connectivity index (χ0) is 14.9. The summed E-state index contributed by atoms with van der Waals surface area (Å²) in [7, 11) is 0. The molecule has 0 aliphatic carbocycles. The number of nitrogens with zero attached hydrogens (tertiary/aromatic N) is 1. The van der Waals surface area contributed by atoms with Gasteiger partial charge in [-0.1, -0.05) is 30.4 Å². The van der Waals surface area contributed by atoms with Gasteiger partial charge in [-0.2, -0.15) is 0 Å². The van der Waals surface area contributed by atoms with Crippen LogP contribution in [0.15, 0.2) is 64.2 Å². The van der Waals surface area contributed by atoms with Crippen molar-refractivity contribution in [2.75, 3.05) is 5.32 Å². The number of aromatic nitrogens is 1. The molecule has 0 bridgehead atoms. The van der Waals surface area contributed by atoms with Crippen LogP contribution >= 0.6 is 11.3 Å². The van der Waals surface area contributed by atoms with Crippen molar-refractivity contribution in [2.24, 2.45) is 0 Å². The molecule has 3 heterocycles. The van der Waals surface area contributed by atoms with Crippen molar-refractivity contribution in [1.29, 1.82) is 0 Å². The van der Waals surface area contributed by atoms with Gasteiger partial charge in [-0.3, -0.25) is 0 Å². The predicted octanol–water partition coefficient (Wildman–Crippen LogP) is 4.36. The summed E-state index contributed by atoms with van der Waals surface area (Å²) in [6, 6.07) is 10.3. The summed E-state index contributed by atoms with van der Waals surface area (Å²) in [5.41, 5.74) is 1.74. The Kier molecular flexibility index (Phi) is 3.20. The summed E-state index contributed by atoms with van der Waals surface area (Å²) in [5.74, 6) is 1.75. The van der Waals surface area contributed by atoms with Gasteiger partial charge in [0.2, 0.25) is 0 Å². The second-order valence-corrected chi connectivity index (χ2v) is 6.07. The molecular weight excluding hydrogens is 294 g/mol. The maximum atomic E-state index is 5.85. The molecule has 1 atom stereocenters. The highest BCUT2D eigenvalue weighted by Gasteiger charge is 2.11. The lowest BCUT2D eigenvalue weighted by Crippen LogP contribution is -2.29. The van der Waals surface area contributed by atoms with E-state index >= 15 is 0 Å². The number of nitrogens with one attached hydrogen (secondary N) is 2. The first-order chi connectivity index (χ1) is 10.8. The quantitative estimate of drug-likeness (QED) is 0.755. The fraction of sp³-hybridized carbons (Fsp3) is 0.118. The third-order valence-electron chi connectivity index (χ3n) is 3.47. The lowest BCUT2D eigenvalue weighted by molar-refractivity contribution is 0.629. The minimum atomic E-state index is 0.322. The molecule has 0 amide bonds. The van der Waals surface area contributed by atoms with Crippen molar-refractivity contribution >= 4 is 27.4 Å². The number of anilines is 1. The summed E-state index contributed by atoms with van der Waals surface area (Å²) in [6.07, 6.45) is 6.15.